The van der Waals surface area contributed by atoms with Gasteiger partial charge < -0.3 is 11.5 Å². The zero-order chi connectivity index (χ0) is 7.28. The minimum atomic E-state index is -0.620. The van der Waals surface area contributed by atoms with Gasteiger partial charge in [0.2, 0.25) is 5.91 Å². The van der Waals surface area contributed by atoms with Crippen LogP contribution < -0.4 is 11.5 Å². The first-order valence-corrected chi connectivity index (χ1v) is 2.90. The van der Waals surface area contributed by atoms with E-state index in [1.807, 2.05) is 13.0 Å². The second-order valence-corrected chi connectivity index (χ2v) is 1.76. The number of primary amides is 1. The second-order valence-electron chi connectivity index (χ2n) is 1.76. The summed E-state index contributed by atoms with van der Waals surface area (Å²) in [6.07, 6.45) is 4.29. The largest absolute Gasteiger partial charge is 0.368 e. The lowest BCUT2D eigenvalue weighted by Crippen LogP contribution is -2.34. The summed E-state index contributed by atoms with van der Waals surface area (Å²) >= 11 is 0. The van der Waals surface area contributed by atoms with Gasteiger partial charge in [-0.15, -0.1) is 0 Å². The number of nitrogens with two attached hydrogens (primary N) is 2. The maximum Gasteiger partial charge on any atom is 0.238 e. The molecule has 0 bridgehead atoms. The van der Waals surface area contributed by atoms with Crippen LogP contribution in [0.5, 0.6) is 0 Å². The number of carbonyl (C=O) groups excluding carboxylic acids is 1. The average Bonchev–Trinajstić information content (AvgIpc) is 1.82. The van der Waals surface area contributed by atoms with E-state index in [4.69, 9.17) is 11.5 Å². The maximum atomic E-state index is 10.3. The Kier molecular flexibility index (Phi) is 3.71. The fraction of sp³-hybridized carbons (Fsp3) is 0.500. The minimum absolute atomic E-state index is 0.486. The molecule has 1 unspecified atom stereocenters. The Morgan fingerprint density at radius 2 is 2.33 bits per heavy atom. The van der Waals surface area contributed by atoms with Crippen molar-refractivity contribution in [2.24, 2.45) is 11.5 Å². The molecular formula is C6H12N2O. The first kappa shape index (κ1) is 8.17. The van der Waals surface area contributed by atoms with E-state index in [1.54, 1.807) is 6.08 Å². The Bertz CT molecular complexity index is 120. The molecule has 0 radical (unpaired) electrons. The molecule has 0 fully saturated rings. The molecule has 0 aromatic heterocycles. The van der Waals surface area contributed by atoms with Crippen molar-refractivity contribution in [3.63, 3.8) is 0 Å². The van der Waals surface area contributed by atoms with Crippen LogP contribution in [0.1, 0.15) is 13.3 Å². The summed E-state index contributed by atoms with van der Waals surface area (Å²) in [6.45, 7) is 1.96. The second kappa shape index (κ2) is 4.09. The number of amides is 1. The molecule has 1 amide bonds. The first-order valence-electron chi connectivity index (χ1n) is 2.90. The van der Waals surface area contributed by atoms with E-state index in [-0.39, 0.29) is 0 Å². The van der Waals surface area contributed by atoms with Crippen molar-refractivity contribution in [3.8, 4) is 0 Å². The molecule has 0 aromatic carbocycles. The van der Waals surface area contributed by atoms with Crippen LogP contribution in [0.3, 0.4) is 0 Å². The van der Waals surface area contributed by atoms with Crippen LogP contribution >= 0.6 is 0 Å². The Balaban J connectivity index is 3.62. The third kappa shape index (κ3) is 3.73. The van der Waals surface area contributed by atoms with Crippen molar-refractivity contribution >= 4 is 5.91 Å². The van der Waals surface area contributed by atoms with Gasteiger partial charge in [-0.1, -0.05) is 19.1 Å². The Labute approximate surface area is 54.7 Å². The molecule has 0 heterocycles. The van der Waals surface area contributed by atoms with E-state index in [1.165, 1.54) is 0 Å². The van der Waals surface area contributed by atoms with Crippen molar-refractivity contribution in [1.29, 1.82) is 0 Å². The lowest BCUT2D eigenvalue weighted by atomic mass is 10.2. The summed E-state index contributed by atoms with van der Waals surface area (Å²) in [5.74, 6) is -0.486. The molecule has 52 valence electrons. The molecule has 0 aliphatic carbocycles. The summed E-state index contributed by atoms with van der Waals surface area (Å²) in [7, 11) is 0. The molecule has 0 rings (SSSR count). The monoisotopic (exact) mass is 128 g/mol. The highest BCUT2D eigenvalue weighted by Crippen LogP contribution is 1.83. The van der Waals surface area contributed by atoms with E-state index in [9.17, 15) is 4.79 Å². The lowest BCUT2D eigenvalue weighted by Gasteiger charge is -1.96. The number of hydrogen-bond acceptors (Lipinski definition) is 2. The molecule has 0 saturated carbocycles. The van der Waals surface area contributed by atoms with Crippen LogP contribution in [-0.4, -0.2) is 11.9 Å². The molecule has 0 aliphatic heterocycles. The Hall–Kier alpha value is -0.830. The normalized spacial score (nSPS) is 14.0. The van der Waals surface area contributed by atoms with E-state index in [2.05, 4.69) is 0 Å². The fourth-order valence-electron chi connectivity index (χ4n) is 0.378. The quantitative estimate of drug-likeness (QED) is 0.515. The highest BCUT2D eigenvalue weighted by molar-refractivity contribution is 5.81. The molecule has 1 atom stereocenters. The van der Waals surface area contributed by atoms with Crippen LogP contribution in [0.2, 0.25) is 0 Å². The summed E-state index contributed by atoms with van der Waals surface area (Å²) in [4.78, 5) is 10.3. The van der Waals surface area contributed by atoms with Gasteiger partial charge >= 0.3 is 0 Å². The van der Waals surface area contributed by atoms with Crippen LogP contribution in [0.25, 0.3) is 0 Å². The molecule has 0 spiro atoms. The molecule has 0 aromatic rings. The van der Waals surface area contributed by atoms with Gasteiger partial charge in [-0.3, -0.25) is 4.79 Å². The smallest absolute Gasteiger partial charge is 0.238 e. The predicted octanol–water partition coefficient (Wildman–Crippen LogP) is -0.235. The van der Waals surface area contributed by atoms with Crippen LogP contribution in [-0.2, 0) is 4.79 Å². The topological polar surface area (TPSA) is 69.1 Å². The number of rotatable bonds is 3. The lowest BCUT2D eigenvalue weighted by molar-refractivity contribution is -0.118. The van der Waals surface area contributed by atoms with Crippen LogP contribution in [0.4, 0.5) is 0 Å². The summed E-state index contributed by atoms with van der Waals surface area (Å²) in [5, 5.41) is 0. The van der Waals surface area contributed by atoms with Gasteiger partial charge in [0.1, 0.15) is 6.04 Å². The Morgan fingerprint density at radius 1 is 1.78 bits per heavy atom. The summed E-state index contributed by atoms with van der Waals surface area (Å²) in [5.41, 5.74) is 10.1. The van der Waals surface area contributed by atoms with Gasteiger partial charge in [-0.2, -0.15) is 0 Å². The predicted molar refractivity (Wildman–Crippen MR) is 36.6 cm³/mol. The standard InChI is InChI=1S/C6H12N2O/c1-2-3-4-5(7)6(8)9/h3-5H,2,7H2,1H3,(H2,8,9)/b4-3+. The van der Waals surface area contributed by atoms with Crippen LogP contribution in [0, 0.1) is 0 Å². The third-order valence-electron chi connectivity index (χ3n) is 0.908. The van der Waals surface area contributed by atoms with Gasteiger partial charge in [-0.25, -0.2) is 0 Å². The highest BCUT2D eigenvalue weighted by atomic mass is 16.1. The summed E-state index contributed by atoms with van der Waals surface area (Å²) < 4.78 is 0. The van der Waals surface area contributed by atoms with Gasteiger partial charge in [-0.05, 0) is 6.42 Å². The SMILES string of the molecule is CC/C=C/C(N)C(N)=O. The minimum Gasteiger partial charge on any atom is -0.368 e. The van der Waals surface area contributed by atoms with Crippen molar-refractivity contribution in [3.05, 3.63) is 12.2 Å². The molecule has 0 saturated heterocycles. The van der Waals surface area contributed by atoms with Crippen molar-refractivity contribution < 1.29 is 4.79 Å². The van der Waals surface area contributed by atoms with Gasteiger partial charge in [0.15, 0.2) is 0 Å². The maximum absolute atomic E-state index is 10.3. The summed E-state index contributed by atoms with van der Waals surface area (Å²) in [6, 6.07) is -0.620. The molecule has 3 nitrogen and oxygen atoms in total. The van der Waals surface area contributed by atoms with E-state index in [0.717, 1.165) is 6.42 Å². The first-order chi connectivity index (χ1) is 4.18. The highest BCUT2D eigenvalue weighted by Gasteiger charge is 2.01. The number of allylic oxidation sites excluding steroid dienone is 1. The molecule has 9 heavy (non-hydrogen) atoms. The van der Waals surface area contributed by atoms with Crippen LogP contribution in [0.15, 0.2) is 12.2 Å². The van der Waals surface area contributed by atoms with Crippen molar-refractivity contribution in [2.75, 3.05) is 0 Å². The van der Waals surface area contributed by atoms with Gasteiger partial charge in [0.05, 0.1) is 0 Å². The fourth-order valence-corrected chi connectivity index (χ4v) is 0.378. The van der Waals surface area contributed by atoms with E-state index >= 15 is 0 Å². The third-order valence-corrected chi connectivity index (χ3v) is 0.908. The van der Waals surface area contributed by atoms with E-state index in [0.29, 0.717) is 0 Å². The van der Waals surface area contributed by atoms with Gasteiger partial charge in [0, 0.05) is 0 Å². The van der Waals surface area contributed by atoms with Crippen molar-refractivity contribution in [2.45, 2.75) is 19.4 Å². The molecule has 4 N–H and O–H groups in total. The van der Waals surface area contributed by atoms with Gasteiger partial charge in [0.25, 0.3) is 0 Å². The Morgan fingerprint density at radius 3 is 2.67 bits per heavy atom. The number of hydrogen-bond donors (Lipinski definition) is 2. The zero-order valence-electron chi connectivity index (χ0n) is 5.50. The van der Waals surface area contributed by atoms with Crippen molar-refractivity contribution in [1.82, 2.24) is 0 Å². The molecular weight excluding hydrogens is 116 g/mol. The zero-order valence-corrected chi connectivity index (χ0v) is 5.50. The van der Waals surface area contributed by atoms with E-state index < -0.39 is 11.9 Å². The molecule has 0 aliphatic rings. The molecule has 3 heteroatoms. The number of carbonyl (C=O) groups is 1. The average molecular weight is 128 g/mol.